The maximum atomic E-state index is 13.4. The number of nitrogens with one attached hydrogen (secondary N) is 1. The maximum absolute atomic E-state index is 13.4. The molecule has 0 spiro atoms. The molecule has 0 saturated carbocycles. The molecule has 0 radical (unpaired) electrons. The Hall–Kier alpha value is -1.77. The van der Waals surface area contributed by atoms with E-state index < -0.39 is 21.7 Å². The highest BCUT2D eigenvalue weighted by Crippen LogP contribution is 2.26. The Kier molecular flexibility index (Phi) is 5.45. The second-order valence-electron chi connectivity index (χ2n) is 6.17. The highest BCUT2D eigenvalue weighted by molar-refractivity contribution is 9.10. The van der Waals surface area contributed by atoms with E-state index in [9.17, 15) is 17.6 Å². The van der Waals surface area contributed by atoms with Crippen molar-refractivity contribution in [3.63, 3.8) is 0 Å². The minimum atomic E-state index is -3.63. The molecule has 0 unspecified atom stereocenters. The zero-order valence-corrected chi connectivity index (χ0v) is 16.5. The summed E-state index contributed by atoms with van der Waals surface area (Å²) >= 11 is 3.28. The largest absolute Gasteiger partial charge is 0.322 e. The lowest BCUT2D eigenvalue weighted by atomic mass is 10.1. The van der Waals surface area contributed by atoms with Gasteiger partial charge in [-0.25, -0.2) is 12.8 Å². The summed E-state index contributed by atoms with van der Waals surface area (Å²) in [7, 11) is -3.63. The van der Waals surface area contributed by atoms with Gasteiger partial charge in [-0.1, -0.05) is 6.07 Å². The molecule has 1 heterocycles. The second-order valence-corrected chi connectivity index (χ2v) is 8.96. The lowest BCUT2D eigenvalue weighted by molar-refractivity contribution is 0.102. The van der Waals surface area contributed by atoms with Crippen LogP contribution in [0.5, 0.6) is 0 Å². The van der Waals surface area contributed by atoms with E-state index in [2.05, 4.69) is 21.2 Å². The molecule has 1 saturated heterocycles. The summed E-state index contributed by atoms with van der Waals surface area (Å²) < 4.78 is 40.7. The van der Waals surface area contributed by atoms with Gasteiger partial charge in [0, 0.05) is 23.2 Å². The van der Waals surface area contributed by atoms with Gasteiger partial charge in [-0.3, -0.25) is 4.79 Å². The van der Waals surface area contributed by atoms with E-state index in [4.69, 9.17) is 0 Å². The van der Waals surface area contributed by atoms with Crippen LogP contribution in [0, 0.1) is 12.7 Å². The van der Waals surface area contributed by atoms with E-state index >= 15 is 0 Å². The van der Waals surface area contributed by atoms with Crippen molar-refractivity contribution in [1.29, 1.82) is 0 Å². The molecule has 138 valence electrons. The third-order valence-electron chi connectivity index (χ3n) is 4.33. The molecular formula is C18H18BrFN2O3S. The van der Waals surface area contributed by atoms with Crippen molar-refractivity contribution in [3.05, 3.63) is 57.8 Å². The number of halogens is 2. The average Bonchev–Trinajstić information content (AvgIpc) is 3.13. The summed E-state index contributed by atoms with van der Waals surface area (Å²) in [5, 5.41) is 2.64. The fourth-order valence-electron chi connectivity index (χ4n) is 2.83. The number of carbonyl (C=O) groups is 1. The fraction of sp³-hybridized carbons (Fsp3) is 0.278. The lowest BCUT2D eigenvalue weighted by Crippen LogP contribution is -2.28. The maximum Gasteiger partial charge on any atom is 0.256 e. The van der Waals surface area contributed by atoms with Crippen LogP contribution in [0.4, 0.5) is 10.1 Å². The molecule has 1 N–H and O–H groups in total. The Morgan fingerprint density at radius 3 is 2.54 bits per heavy atom. The van der Waals surface area contributed by atoms with E-state index in [1.54, 1.807) is 13.0 Å². The van der Waals surface area contributed by atoms with E-state index in [1.165, 1.54) is 34.6 Å². The summed E-state index contributed by atoms with van der Waals surface area (Å²) in [5.74, 6) is -0.973. The Balaban J connectivity index is 1.92. The number of sulfonamides is 1. The van der Waals surface area contributed by atoms with Crippen molar-refractivity contribution in [2.24, 2.45) is 0 Å². The predicted molar refractivity (Wildman–Crippen MR) is 101 cm³/mol. The molecule has 1 aliphatic rings. The van der Waals surface area contributed by atoms with Gasteiger partial charge in [0.05, 0.1) is 10.5 Å². The number of rotatable bonds is 4. The van der Waals surface area contributed by atoms with E-state index in [0.717, 1.165) is 12.8 Å². The van der Waals surface area contributed by atoms with Crippen LogP contribution in [-0.4, -0.2) is 31.7 Å². The first-order valence-electron chi connectivity index (χ1n) is 8.16. The average molecular weight is 441 g/mol. The molecule has 26 heavy (non-hydrogen) atoms. The molecule has 0 atom stereocenters. The van der Waals surface area contributed by atoms with Crippen molar-refractivity contribution in [3.8, 4) is 0 Å². The lowest BCUT2D eigenvalue weighted by Gasteiger charge is -2.16. The molecule has 2 aromatic rings. The van der Waals surface area contributed by atoms with Crippen LogP contribution < -0.4 is 5.32 Å². The van der Waals surface area contributed by atoms with E-state index in [1.807, 2.05) is 0 Å². The van der Waals surface area contributed by atoms with Gasteiger partial charge < -0.3 is 5.32 Å². The number of anilines is 1. The molecule has 0 aromatic heterocycles. The Bertz CT molecular complexity index is 957. The van der Waals surface area contributed by atoms with Gasteiger partial charge in [0.15, 0.2) is 0 Å². The first-order chi connectivity index (χ1) is 12.3. The Morgan fingerprint density at radius 1 is 1.15 bits per heavy atom. The smallest absolute Gasteiger partial charge is 0.256 e. The van der Waals surface area contributed by atoms with Gasteiger partial charge in [-0.15, -0.1) is 0 Å². The molecule has 0 aliphatic carbocycles. The van der Waals surface area contributed by atoms with Gasteiger partial charge in [-0.2, -0.15) is 4.31 Å². The molecule has 1 aliphatic heterocycles. The van der Waals surface area contributed by atoms with Crippen molar-refractivity contribution in [1.82, 2.24) is 4.31 Å². The van der Waals surface area contributed by atoms with E-state index in [-0.39, 0.29) is 10.5 Å². The summed E-state index contributed by atoms with van der Waals surface area (Å²) in [5.41, 5.74) is 1.22. The molecule has 0 bridgehead atoms. The molecule has 1 amide bonds. The number of hydrogen-bond donors (Lipinski definition) is 1. The Labute approximate surface area is 160 Å². The summed E-state index contributed by atoms with van der Waals surface area (Å²) in [4.78, 5) is 12.7. The molecule has 8 heteroatoms. The quantitative estimate of drug-likeness (QED) is 0.782. The normalized spacial score (nSPS) is 15.2. The monoisotopic (exact) mass is 440 g/mol. The summed E-state index contributed by atoms with van der Waals surface area (Å²) in [6.07, 6.45) is 1.67. The van der Waals surface area contributed by atoms with Crippen LogP contribution in [-0.2, 0) is 10.0 Å². The fourth-order valence-corrected chi connectivity index (χ4v) is 4.81. The second kappa shape index (κ2) is 7.46. The van der Waals surface area contributed by atoms with E-state index in [0.29, 0.717) is 28.8 Å². The molecule has 5 nitrogen and oxygen atoms in total. The molecule has 3 rings (SSSR count). The predicted octanol–water partition coefficient (Wildman–Crippen LogP) is 3.93. The van der Waals surface area contributed by atoms with Crippen molar-refractivity contribution in [2.45, 2.75) is 24.7 Å². The first-order valence-corrected chi connectivity index (χ1v) is 10.4. The first kappa shape index (κ1) is 19.0. The highest BCUT2D eigenvalue weighted by Gasteiger charge is 2.28. The third kappa shape index (κ3) is 3.82. The van der Waals surface area contributed by atoms with Crippen LogP contribution in [0.3, 0.4) is 0 Å². The van der Waals surface area contributed by atoms with Gasteiger partial charge >= 0.3 is 0 Å². The van der Waals surface area contributed by atoms with Crippen LogP contribution >= 0.6 is 15.9 Å². The zero-order chi connectivity index (χ0) is 18.9. The minimum Gasteiger partial charge on any atom is -0.322 e. The third-order valence-corrected chi connectivity index (χ3v) is 6.92. The Morgan fingerprint density at radius 2 is 1.85 bits per heavy atom. The topological polar surface area (TPSA) is 66.5 Å². The number of hydrogen-bond acceptors (Lipinski definition) is 3. The molecular weight excluding hydrogens is 423 g/mol. The van der Waals surface area contributed by atoms with Gasteiger partial charge in [-0.05, 0) is 71.6 Å². The SMILES string of the molecule is Cc1ccc(F)cc1NC(=O)c1cc(S(=O)(=O)N2CCCC2)ccc1Br. The number of benzene rings is 2. The number of carbonyl (C=O) groups excluding carboxylic acids is 1. The number of nitrogens with zero attached hydrogens (tertiary/aromatic N) is 1. The zero-order valence-electron chi connectivity index (χ0n) is 14.1. The number of amides is 1. The van der Waals surface area contributed by atoms with Gasteiger partial charge in [0.1, 0.15) is 5.82 Å². The summed E-state index contributed by atoms with van der Waals surface area (Å²) in [6, 6.07) is 8.46. The van der Waals surface area contributed by atoms with Crippen molar-refractivity contribution < 1.29 is 17.6 Å². The van der Waals surface area contributed by atoms with Crippen LogP contribution in [0.2, 0.25) is 0 Å². The van der Waals surface area contributed by atoms with Crippen LogP contribution in [0.25, 0.3) is 0 Å². The van der Waals surface area contributed by atoms with Crippen molar-refractivity contribution in [2.75, 3.05) is 18.4 Å². The number of aryl methyl sites for hydroxylation is 1. The molecule has 1 fully saturated rings. The molecule has 2 aromatic carbocycles. The van der Waals surface area contributed by atoms with Gasteiger partial charge in [0.2, 0.25) is 10.0 Å². The van der Waals surface area contributed by atoms with Gasteiger partial charge in [0.25, 0.3) is 5.91 Å². The van der Waals surface area contributed by atoms with Crippen LogP contribution in [0.1, 0.15) is 28.8 Å². The van der Waals surface area contributed by atoms with Crippen molar-refractivity contribution >= 4 is 37.5 Å². The standard InChI is InChI=1S/C18H18BrFN2O3S/c1-12-4-5-13(20)10-17(12)21-18(23)15-11-14(6-7-16(15)19)26(24,25)22-8-2-3-9-22/h4-7,10-11H,2-3,8-9H2,1H3,(H,21,23). The minimum absolute atomic E-state index is 0.0729. The van der Waals surface area contributed by atoms with Crippen LogP contribution in [0.15, 0.2) is 45.8 Å². The summed E-state index contributed by atoms with van der Waals surface area (Å²) in [6.45, 7) is 2.73. The highest BCUT2D eigenvalue weighted by atomic mass is 79.9.